The second kappa shape index (κ2) is 7.60. The van der Waals surface area contributed by atoms with Gasteiger partial charge in [0.25, 0.3) is 0 Å². The molecule has 3 heteroatoms. The van der Waals surface area contributed by atoms with Crippen LogP contribution in [0.1, 0.15) is 36.5 Å². The van der Waals surface area contributed by atoms with Gasteiger partial charge in [-0.2, -0.15) is 0 Å². The third-order valence-corrected chi connectivity index (χ3v) is 4.33. The first-order chi connectivity index (χ1) is 11.2. The van der Waals surface area contributed by atoms with E-state index in [1.807, 2.05) is 0 Å². The van der Waals surface area contributed by atoms with Gasteiger partial charge < -0.3 is 10.1 Å². The minimum atomic E-state index is -0.196. The van der Waals surface area contributed by atoms with Crippen molar-refractivity contribution in [2.24, 2.45) is 0 Å². The van der Waals surface area contributed by atoms with E-state index in [1.165, 1.54) is 48.9 Å². The van der Waals surface area contributed by atoms with E-state index in [9.17, 15) is 4.39 Å². The molecule has 1 N–H and O–H groups in total. The Balaban J connectivity index is 1.47. The fourth-order valence-electron chi connectivity index (χ4n) is 3.08. The topological polar surface area (TPSA) is 21.3 Å². The van der Waals surface area contributed by atoms with Gasteiger partial charge in [-0.05, 0) is 73.6 Å². The number of ether oxygens (including phenoxy) is 1. The van der Waals surface area contributed by atoms with Crippen LogP contribution in [0.25, 0.3) is 0 Å². The average molecular weight is 313 g/mol. The van der Waals surface area contributed by atoms with E-state index in [0.29, 0.717) is 0 Å². The number of fused-ring (bicyclic) bond motifs is 1. The Morgan fingerprint density at radius 2 is 1.78 bits per heavy atom. The van der Waals surface area contributed by atoms with Crippen LogP contribution in [0.5, 0.6) is 5.75 Å². The summed E-state index contributed by atoms with van der Waals surface area (Å²) in [5.41, 5.74) is 4.00. The highest BCUT2D eigenvalue weighted by atomic mass is 19.1. The second-order valence-electron chi connectivity index (χ2n) is 6.32. The molecule has 0 heterocycles. The molecule has 0 spiro atoms. The molecule has 1 aliphatic rings. The lowest BCUT2D eigenvalue weighted by Crippen LogP contribution is -2.28. The SMILES string of the molecule is CC(CNCc1ccc(F)cc1)Oc1ccc2c(c1)CCCC2. The van der Waals surface area contributed by atoms with Gasteiger partial charge in [0.15, 0.2) is 0 Å². The Morgan fingerprint density at radius 1 is 1.04 bits per heavy atom. The van der Waals surface area contributed by atoms with E-state index in [1.54, 1.807) is 12.1 Å². The predicted octanol–water partition coefficient (Wildman–Crippen LogP) is 4.26. The molecule has 0 amide bonds. The molecule has 2 aromatic rings. The van der Waals surface area contributed by atoms with Gasteiger partial charge in [-0.25, -0.2) is 4.39 Å². The molecule has 122 valence electrons. The number of nitrogens with one attached hydrogen (secondary N) is 1. The van der Waals surface area contributed by atoms with Crippen molar-refractivity contribution in [1.82, 2.24) is 5.32 Å². The van der Waals surface area contributed by atoms with Crippen molar-refractivity contribution in [3.8, 4) is 5.75 Å². The summed E-state index contributed by atoms with van der Waals surface area (Å²) in [7, 11) is 0. The standard InChI is InChI=1S/C20H24FNO/c1-15(13-22-14-16-6-9-19(21)10-7-16)23-20-11-8-17-4-2-3-5-18(17)12-20/h6-12,15,22H,2-5,13-14H2,1H3. The summed E-state index contributed by atoms with van der Waals surface area (Å²) in [6, 6.07) is 13.1. The molecule has 0 aromatic heterocycles. The maximum absolute atomic E-state index is 12.9. The van der Waals surface area contributed by atoms with Crippen LogP contribution in [0.2, 0.25) is 0 Å². The zero-order chi connectivity index (χ0) is 16.1. The van der Waals surface area contributed by atoms with Crippen molar-refractivity contribution in [1.29, 1.82) is 0 Å². The first-order valence-electron chi connectivity index (χ1n) is 8.44. The molecule has 2 aromatic carbocycles. The molecule has 0 radical (unpaired) electrons. The Kier molecular flexibility index (Phi) is 5.29. The molecule has 1 aliphatic carbocycles. The molecule has 0 aliphatic heterocycles. The summed E-state index contributed by atoms with van der Waals surface area (Å²) < 4.78 is 18.9. The van der Waals surface area contributed by atoms with Crippen LogP contribution in [0.4, 0.5) is 4.39 Å². The Hall–Kier alpha value is -1.87. The molecular formula is C20H24FNO. The highest BCUT2D eigenvalue weighted by Gasteiger charge is 2.11. The number of aryl methyl sites for hydroxylation is 2. The van der Waals surface area contributed by atoms with E-state index in [2.05, 4.69) is 30.4 Å². The second-order valence-corrected chi connectivity index (χ2v) is 6.32. The summed E-state index contributed by atoms with van der Waals surface area (Å²) in [4.78, 5) is 0. The molecule has 3 rings (SSSR count). The number of hydrogen-bond acceptors (Lipinski definition) is 2. The van der Waals surface area contributed by atoms with Gasteiger partial charge in [-0.15, -0.1) is 0 Å². The van der Waals surface area contributed by atoms with Crippen LogP contribution in [0.15, 0.2) is 42.5 Å². The minimum absolute atomic E-state index is 0.0945. The molecule has 2 nitrogen and oxygen atoms in total. The lowest BCUT2D eigenvalue weighted by molar-refractivity contribution is 0.216. The first-order valence-corrected chi connectivity index (χ1v) is 8.44. The third kappa shape index (κ3) is 4.55. The lowest BCUT2D eigenvalue weighted by atomic mass is 9.92. The van der Waals surface area contributed by atoms with Gasteiger partial charge in [0.1, 0.15) is 17.7 Å². The van der Waals surface area contributed by atoms with Gasteiger partial charge in [0.2, 0.25) is 0 Å². The highest BCUT2D eigenvalue weighted by molar-refractivity contribution is 5.37. The van der Waals surface area contributed by atoms with Gasteiger partial charge in [-0.1, -0.05) is 18.2 Å². The van der Waals surface area contributed by atoms with Crippen LogP contribution in [0, 0.1) is 5.82 Å². The number of benzene rings is 2. The molecule has 0 fully saturated rings. The van der Waals surface area contributed by atoms with E-state index in [-0.39, 0.29) is 11.9 Å². The summed E-state index contributed by atoms with van der Waals surface area (Å²) in [5, 5.41) is 3.36. The van der Waals surface area contributed by atoms with Crippen molar-refractivity contribution < 1.29 is 9.13 Å². The minimum Gasteiger partial charge on any atom is -0.489 e. The number of rotatable bonds is 6. The Morgan fingerprint density at radius 3 is 2.57 bits per heavy atom. The predicted molar refractivity (Wildman–Crippen MR) is 91.3 cm³/mol. The molecule has 23 heavy (non-hydrogen) atoms. The van der Waals surface area contributed by atoms with Gasteiger partial charge in [-0.3, -0.25) is 0 Å². The summed E-state index contributed by atoms with van der Waals surface area (Å²) in [5.74, 6) is 0.764. The van der Waals surface area contributed by atoms with Crippen molar-refractivity contribution in [2.75, 3.05) is 6.54 Å². The normalized spacial score (nSPS) is 15.0. The molecular weight excluding hydrogens is 289 g/mol. The van der Waals surface area contributed by atoms with Crippen LogP contribution < -0.4 is 10.1 Å². The lowest BCUT2D eigenvalue weighted by Gasteiger charge is -2.19. The van der Waals surface area contributed by atoms with Crippen molar-refractivity contribution >= 4 is 0 Å². The van der Waals surface area contributed by atoms with Crippen LogP contribution in [0.3, 0.4) is 0 Å². The van der Waals surface area contributed by atoms with Gasteiger partial charge in [0.05, 0.1) is 0 Å². The smallest absolute Gasteiger partial charge is 0.123 e. The Bertz CT molecular complexity index is 639. The monoisotopic (exact) mass is 313 g/mol. The van der Waals surface area contributed by atoms with E-state index >= 15 is 0 Å². The number of halogens is 1. The molecule has 0 saturated heterocycles. The van der Waals surface area contributed by atoms with Crippen LogP contribution >= 0.6 is 0 Å². The van der Waals surface area contributed by atoms with Crippen molar-refractivity contribution in [3.63, 3.8) is 0 Å². The molecule has 1 atom stereocenters. The van der Waals surface area contributed by atoms with Crippen LogP contribution in [-0.2, 0) is 19.4 Å². The molecule has 0 bridgehead atoms. The summed E-state index contributed by atoms with van der Waals surface area (Å²) >= 11 is 0. The van der Waals surface area contributed by atoms with Crippen molar-refractivity contribution in [3.05, 3.63) is 65.0 Å². The largest absolute Gasteiger partial charge is 0.489 e. The van der Waals surface area contributed by atoms with Gasteiger partial charge >= 0.3 is 0 Å². The Labute approximate surface area is 137 Å². The third-order valence-electron chi connectivity index (χ3n) is 4.33. The van der Waals surface area contributed by atoms with Crippen molar-refractivity contribution in [2.45, 2.75) is 45.3 Å². The fraction of sp³-hybridized carbons (Fsp3) is 0.400. The summed E-state index contributed by atoms with van der Waals surface area (Å²) in [6.45, 7) is 3.55. The van der Waals surface area contributed by atoms with E-state index in [0.717, 1.165) is 24.4 Å². The summed E-state index contributed by atoms with van der Waals surface area (Å²) in [6.07, 6.45) is 5.05. The zero-order valence-electron chi connectivity index (χ0n) is 13.6. The fourth-order valence-corrected chi connectivity index (χ4v) is 3.08. The van der Waals surface area contributed by atoms with Gasteiger partial charge in [0, 0.05) is 13.1 Å². The number of hydrogen-bond donors (Lipinski definition) is 1. The quantitative estimate of drug-likeness (QED) is 0.860. The molecule has 0 saturated carbocycles. The van der Waals surface area contributed by atoms with Crippen LogP contribution in [-0.4, -0.2) is 12.6 Å². The maximum Gasteiger partial charge on any atom is 0.123 e. The first kappa shape index (κ1) is 16.0. The average Bonchev–Trinajstić information content (AvgIpc) is 2.56. The van der Waals surface area contributed by atoms with E-state index in [4.69, 9.17) is 4.74 Å². The van der Waals surface area contributed by atoms with E-state index < -0.39 is 0 Å². The maximum atomic E-state index is 12.9. The highest BCUT2D eigenvalue weighted by Crippen LogP contribution is 2.25. The molecule has 1 unspecified atom stereocenters. The zero-order valence-corrected chi connectivity index (χ0v) is 13.6.